The molecule has 0 fully saturated rings. The van der Waals surface area contributed by atoms with Crippen molar-refractivity contribution in [1.29, 1.82) is 0 Å². The predicted molar refractivity (Wildman–Crippen MR) is 50.6 cm³/mol. The van der Waals surface area contributed by atoms with Gasteiger partial charge in [-0.3, -0.25) is 0 Å². The smallest absolute Gasteiger partial charge is 0.261 e. The first kappa shape index (κ1) is 11.9. The van der Waals surface area contributed by atoms with Gasteiger partial charge in [-0.1, -0.05) is 0 Å². The topological polar surface area (TPSA) is 47.0 Å². The van der Waals surface area contributed by atoms with E-state index in [0.717, 1.165) is 5.69 Å². The molecule has 6 heteroatoms. The van der Waals surface area contributed by atoms with Crippen LogP contribution in [0, 0.1) is 0 Å². The Labute approximate surface area is 86.7 Å². The minimum atomic E-state index is -2.40. The molecule has 1 aromatic rings. The Bertz CT molecular complexity index is 259. The van der Waals surface area contributed by atoms with Crippen molar-refractivity contribution in [3.05, 3.63) is 24.3 Å². The van der Waals surface area contributed by atoms with Crippen LogP contribution in [-0.2, 0) is 11.3 Å². The Morgan fingerprint density at radius 2 is 2.33 bits per heavy atom. The molecule has 0 aliphatic carbocycles. The van der Waals surface area contributed by atoms with Crippen LogP contribution in [0.4, 0.5) is 8.78 Å². The van der Waals surface area contributed by atoms with Gasteiger partial charge in [0.05, 0.1) is 12.3 Å². The zero-order valence-corrected chi connectivity index (χ0v) is 8.20. The first-order chi connectivity index (χ1) is 7.29. The van der Waals surface area contributed by atoms with Crippen LogP contribution < -0.4 is 5.32 Å². The lowest BCUT2D eigenvalue weighted by Gasteiger charge is -2.04. The van der Waals surface area contributed by atoms with E-state index in [0.29, 0.717) is 13.1 Å². The summed E-state index contributed by atoms with van der Waals surface area (Å²) in [5.41, 5.74) is 0.860. The third-order valence-electron chi connectivity index (χ3n) is 1.62. The molecule has 0 saturated carbocycles. The molecule has 0 radical (unpaired) electrons. The number of hydrogen-bond acceptors (Lipinski definition) is 4. The van der Waals surface area contributed by atoms with Crippen molar-refractivity contribution >= 4 is 0 Å². The minimum absolute atomic E-state index is 0.273. The van der Waals surface area contributed by atoms with Crippen LogP contribution in [0.25, 0.3) is 0 Å². The maximum atomic E-state index is 11.6. The van der Waals surface area contributed by atoms with Crippen LogP contribution in [0.5, 0.6) is 0 Å². The fourth-order valence-electron chi connectivity index (χ4n) is 0.956. The summed E-state index contributed by atoms with van der Waals surface area (Å²) >= 11 is 0. The van der Waals surface area contributed by atoms with Crippen molar-refractivity contribution in [2.75, 3.05) is 19.8 Å². The van der Waals surface area contributed by atoms with E-state index < -0.39 is 13.0 Å². The normalized spacial score (nSPS) is 10.9. The maximum absolute atomic E-state index is 11.6. The molecule has 0 atom stereocenters. The van der Waals surface area contributed by atoms with Gasteiger partial charge in [0.2, 0.25) is 0 Å². The molecule has 0 aromatic carbocycles. The lowest BCUT2D eigenvalue weighted by molar-refractivity contribution is 0.0187. The number of ether oxygens (including phenoxy) is 1. The number of nitrogens with zero attached hydrogens (tertiary/aromatic N) is 2. The molecule has 15 heavy (non-hydrogen) atoms. The summed E-state index contributed by atoms with van der Waals surface area (Å²) < 4.78 is 28.0. The summed E-state index contributed by atoms with van der Waals surface area (Å²) in [5.74, 6) is 0. The molecule has 0 amide bonds. The standard InChI is InChI=1S/C9H13F2N3O/c10-9(11)6-15-4-3-12-5-8-1-2-13-7-14-8/h1-2,7,9,12H,3-6H2. The van der Waals surface area contributed by atoms with Gasteiger partial charge in [-0.15, -0.1) is 0 Å². The van der Waals surface area contributed by atoms with Gasteiger partial charge in [0.15, 0.2) is 0 Å². The molecular formula is C9H13F2N3O. The van der Waals surface area contributed by atoms with E-state index in [4.69, 9.17) is 0 Å². The van der Waals surface area contributed by atoms with Gasteiger partial charge in [-0.2, -0.15) is 0 Å². The summed E-state index contributed by atoms with van der Waals surface area (Å²) in [5, 5.41) is 3.02. The van der Waals surface area contributed by atoms with E-state index in [2.05, 4.69) is 20.0 Å². The van der Waals surface area contributed by atoms with E-state index in [1.54, 1.807) is 12.3 Å². The number of nitrogens with one attached hydrogen (secondary N) is 1. The van der Waals surface area contributed by atoms with Crippen molar-refractivity contribution in [2.24, 2.45) is 0 Å². The van der Waals surface area contributed by atoms with E-state index in [9.17, 15) is 8.78 Å². The highest BCUT2D eigenvalue weighted by Gasteiger charge is 2.00. The third kappa shape index (κ3) is 6.03. The first-order valence-corrected chi connectivity index (χ1v) is 4.60. The second-order valence-corrected chi connectivity index (χ2v) is 2.84. The highest BCUT2D eigenvalue weighted by molar-refractivity contribution is 4.96. The Kier molecular flexibility index (Phi) is 5.72. The van der Waals surface area contributed by atoms with E-state index in [1.807, 2.05) is 0 Å². The number of halogens is 2. The third-order valence-corrected chi connectivity index (χ3v) is 1.62. The van der Waals surface area contributed by atoms with Crippen molar-refractivity contribution in [3.8, 4) is 0 Å². The van der Waals surface area contributed by atoms with E-state index >= 15 is 0 Å². The lowest BCUT2D eigenvalue weighted by atomic mass is 10.4. The second-order valence-electron chi connectivity index (χ2n) is 2.84. The van der Waals surface area contributed by atoms with Crippen molar-refractivity contribution in [3.63, 3.8) is 0 Å². The zero-order chi connectivity index (χ0) is 10.9. The van der Waals surface area contributed by atoms with Crippen LogP contribution in [-0.4, -0.2) is 36.2 Å². The molecule has 0 bridgehead atoms. The SMILES string of the molecule is FC(F)COCCNCc1ccncn1. The van der Waals surface area contributed by atoms with Gasteiger partial charge in [0.1, 0.15) is 12.9 Å². The molecule has 0 unspecified atom stereocenters. The summed E-state index contributed by atoms with van der Waals surface area (Å²) in [7, 11) is 0. The first-order valence-electron chi connectivity index (χ1n) is 4.60. The van der Waals surface area contributed by atoms with Crippen molar-refractivity contribution in [2.45, 2.75) is 13.0 Å². The summed E-state index contributed by atoms with van der Waals surface area (Å²) in [6.07, 6.45) is 0.716. The van der Waals surface area contributed by atoms with Gasteiger partial charge in [0.25, 0.3) is 6.43 Å². The van der Waals surface area contributed by atoms with Crippen molar-refractivity contribution in [1.82, 2.24) is 15.3 Å². The molecule has 1 rings (SSSR count). The number of aromatic nitrogens is 2. The van der Waals surface area contributed by atoms with Gasteiger partial charge in [0, 0.05) is 19.3 Å². The van der Waals surface area contributed by atoms with Crippen LogP contribution in [0.2, 0.25) is 0 Å². The summed E-state index contributed by atoms with van der Waals surface area (Å²) in [6.45, 7) is 0.877. The van der Waals surface area contributed by atoms with Crippen molar-refractivity contribution < 1.29 is 13.5 Å². The molecule has 84 valence electrons. The Morgan fingerprint density at radius 3 is 3.00 bits per heavy atom. The highest BCUT2D eigenvalue weighted by Crippen LogP contribution is 1.92. The number of rotatable bonds is 7. The fraction of sp³-hybridized carbons (Fsp3) is 0.556. The largest absolute Gasteiger partial charge is 0.374 e. The maximum Gasteiger partial charge on any atom is 0.261 e. The molecular weight excluding hydrogens is 204 g/mol. The Hall–Kier alpha value is -1.14. The second kappa shape index (κ2) is 7.19. The molecule has 1 aromatic heterocycles. The fourth-order valence-corrected chi connectivity index (χ4v) is 0.956. The summed E-state index contributed by atoms with van der Waals surface area (Å²) in [6, 6.07) is 1.78. The van der Waals surface area contributed by atoms with Gasteiger partial charge in [-0.25, -0.2) is 18.7 Å². The lowest BCUT2D eigenvalue weighted by Crippen LogP contribution is -2.21. The Balaban J connectivity index is 1.98. The molecule has 0 aliphatic rings. The highest BCUT2D eigenvalue weighted by atomic mass is 19.3. The average Bonchev–Trinajstić information content (AvgIpc) is 2.24. The van der Waals surface area contributed by atoms with Gasteiger partial charge < -0.3 is 10.1 Å². The molecule has 0 spiro atoms. The quantitative estimate of drug-likeness (QED) is 0.688. The van der Waals surface area contributed by atoms with E-state index in [1.165, 1.54) is 6.33 Å². The van der Waals surface area contributed by atoms with Crippen LogP contribution in [0.1, 0.15) is 5.69 Å². The number of hydrogen-bond donors (Lipinski definition) is 1. The average molecular weight is 217 g/mol. The van der Waals surface area contributed by atoms with E-state index in [-0.39, 0.29) is 6.61 Å². The van der Waals surface area contributed by atoms with Crippen LogP contribution >= 0.6 is 0 Å². The van der Waals surface area contributed by atoms with Crippen LogP contribution in [0.15, 0.2) is 18.6 Å². The summed E-state index contributed by atoms with van der Waals surface area (Å²) in [4.78, 5) is 7.77. The van der Waals surface area contributed by atoms with Crippen LogP contribution in [0.3, 0.4) is 0 Å². The zero-order valence-electron chi connectivity index (χ0n) is 8.20. The molecule has 0 saturated heterocycles. The molecule has 0 aliphatic heterocycles. The number of alkyl halides is 2. The van der Waals surface area contributed by atoms with Gasteiger partial charge in [-0.05, 0) is 6.07 Å². The minimum Gasteiger partial charge on any atom is -0.374 e. The monoisotopic (exact) mass is 217 g/mol. The molecule has 1 heterocycles. The van der Waals surface area contributed by atoms with Gasteiger partial charge >= 0.3 is 0 Å². The Morgan fingerprint density at radius 1 is 1.47 bits per heavy atom. The molecule has 1 N–H and O–H groups in total. The predicted octanol–water partition coefficient (Wildman–Crippen LogP) is 0.848. The molecule has 4 nitrogen and oxygen atoms in total.